The Morgan fingerprint density at radius 2 is 1.89 bits per heavy atom. The zero-order chi connectivity index (χ0) is 24.2. The first-order chi connectivity index (χ1) is 16.9. The van der Waals surface area contributed by atoms with E-state index in [1.54, 1.807) is 17.3 Å². The first-order valence-corrected chi connectivity index (χ1v) is 13.4. The number of fused-ring (bicyclic) bond motifs is 3. The third-order valence-electron chi connectivity index (χ3n) is 7.38. The van der Waals surface area contributed by atoms with Gasteiger partial charge < -0.3 is 9.88 Å². The standard InChI is InChI=1S/C26H25N5O3S/c1-35(33,34)30-12-8-26(9-13-30)21-7-11-28-16-23(21)31(25(26)32)17-22-24(19-6-10-27-14-19)20-5-3-2-4-18(20)15-29-22/h2-7,10-11,14-16,27H,8-9,12-13,17H2,1H3. The van der Waals surface area contributed by atoms with Gasteiger partial charge >= 0.3 is 0 Å². The number of carbonyl (C=O) groups excluding carboxylic acids is 1. The van der Waals surface area contributed by atoms with Crippen molar-refractivity contribution in [2.45, 2.75) is 24.8 Å². The molecule has 8 nitrogen and oxygen atoms in total. The number of nitrogens with zero attached hydrogens (tertiary/aromatic N) is 4. The van der Waals surface area contributed by atoms with Crippen LogP contribution in [-0.2, 0) is 26.8 Å². The SMILES string of the molecule is CS(=O)(=O)N1CCC2(CC1)C(=O)N(Cc1ncc3ccccc3c1-c1cc[nH]c1)c1cnccc12. The summed E-state index contributed by atoms with van der Waals surface area (Å²) >= 11 is 0. The Bertz CT molecular complexity index is 1540. The van der Waals surface area contributed by atoms with E-state index in [2.05, 4.69) is 16.0 Å². The average Bonchev–Trinajstić information content (AvgIpc) is 3.47. The Kier molecular flexibility index (Phi) is 5.01. The second-order valence-electron chi connectivity index (χ2n) is 9.30. The molecule has 1 aromatic carbocycles. The van der Waals surface area contributed by atoms with Crippen molar-refractivity contribution < 1.29 is 13.2 Å². The molecule has 1 amide bonds. The zero-order valence-corrected chi connectivity index (χ0v) is 20.1. The Morgan fingerprint density at radius 3 is 2.63 bits per heavy atom. The van der Waals surface area contributed by atoms with E-state index in [1.807, 2.05) is 48.9 Å². The van der Waals surface area contributed by atoms with Gasteiger partial charge in [0.15, 0.2) is 0 Å². The lowest BCUT2D eigenvalue weighted by molar-refractivity contribution is -0.124. The summed E-state index contributed by atoms with van der Waals surface area (Å²) in [5.74, 6) is -0.0105. The molecule has 1 spiro atoms. The van der Waals surface area contributed by atoms with Crippen molar-refractivity contribution in [2.75, 3.05) is 24.2 Å². The molecule has 2 aliphatic rings. The van der Waals surface area contributed by atoms with Gasteiger partial charge in [-0.2, -0.15) is 0 Å². The van der Waals surface area contributed by atoms with Crippen LogP contribution in [0, 0.1) is 0 Å². The fourth-order valence-electron chi connectivity index (χ4n) is 5.60. The van der Waals surface area contributed by atoms with E-state index in [-0.39, 0.29) is 5.91 Å². The molecule has 0 radical (unpaired) electrons. The van der Waals surface area contributed by atoms with Crippen molar-refractivity contribution in [3.63, 3.8) is 0 Å². The first-order valence-electron chi connectivity index (χ1n) is 11.6. The molecule has 0 saturated carbocycles. The van der Waals surface area contributed by atoms with Gasteiger partial charge in [-0.05, 0) is 35.9 Å². The molecule has 1 saturated heterocycles. The fraction of sp³-hybridized carbons (Fsp3) is 0.269. The maximum Gasteiger partial charge on any atom is 0.238 e. The predicted octanol–water partition coefficient (Wildman–Crippen LogP) is 3.46. The number of aromatic nitrogens is 3. The minimum atomic E-state index is -3.30. The number of pyridine rings is 2. The molecule has 0 bridgehead atoms. The maximum atomic E-state index is 14.1. The predicted molar refractivity (Wildman–Crippen MR) is 134 cm³/mol. The highest BCUT2D eigenvalue weighted by molar-refractivity contribution is 7.88. The summed E-state index contributed by atoms with van der Waals surface area (Å²) in [5, 5.41) is 2.11. The monoisotopic (exact) mass is 487 g/mol. The normalized spacial score (nSPS) is 17.9. The largest absolute Gasteiger partial charge is 0.367 e. The topological polar surface area (TPSA) is 99.3 Å². The van der Waals surface area contributed by atoms with Crippen molar-refractivity contribution in [3.05, 3.63) is 78.6 Å². The van der Waals surface area contributed by atoms with Crippen molar-refractivity contribution in [1.29, 1.82) is 0 Å². The van der Waals surface area contributed by atoms with E-state index in [1.165, 1.54) is 10.6 Å². The molecule has 6 rings (SSSR count). The molecular weight excluding hydrogens is 462 g/mol. The third-order valence-corrected chi connectivity index (χ3v) is 8.68. The number of anilines is 1. The number of sulfonamides is 1. The van der Waals surface area contributed by atoms with E-state index < -0.39 is 15.4 Å². The van der Waals surface area contributed by atoms with Gasteiger partial charge in [-0.3, -0.25) is 14.8 Å². The molecule has 178 valence electrons. The first kappa shape index (κ1) is 21.9. The van der Waals surface area contributed by atoms with E-state index in [0.29, 0.717) is 32.5 Å². The minimum Gasteiger partial charge on any atom is -0.367 e. The Hall–Kier alpha value is -3.56. The highest BCUT2D eigenvalue weighted by Gasteiger charge is 2.53. The number of hydrogen-bond donors (Lipinski definition) is 1. The number of piperidine rings is 1. The minimum absolute atomic E-state index is 0.0105. The van der Waals surface area contributed by atoms with Gasteiger partial charge in [-0.25, -0.2) is 12.7 Å². The Morgan fingerprint density at radius 1 is 1.09 bits per heavy atom. The number of hydrogen-bond acceptors (Lipinski definition) is 5. The Balaban J connectivity index is 1.43. The number of carbonyl (C=O) groups is 1. The molecule has 1 fully saturated rings. The van der Waals surface area contributed by atoms with Gasteiger partial charge in [0.25, 0.3) is 0 Å². The van der Waals surface area contributed by atoms with Gasteiger partial charge in [0, 0.05) is 54.4 Å². The zero-order valence-electron chi connectivity index (χ0n) is 19.3. The van der Waals surface area contributed by atoms with E-state index in [4.69, 9.17) is 4.98 Å². The summed E-state index contributed by atoms with van der Waals surface area (Å²) in [4.78, 5) is 28.1. The van der Waals surface area contributed by atoms with Crippen LogP contribution in [0.2, 0.25) is 0 Å². The van der Waals surface area contributed by atoms with Crippen molar-refractivity contribution in [1.82, 2.24) is 19.3 Å². The summed E-state index contributed by atoms with van der Waals surface area (Å²) in [7, 11) is -3.30. The molecule has 2 aliphatic heterocycles. The molecule has 1 N–H and O–H groups in total. The van der Waals surface area contributed by atoms with Crippen LogP contribution in [0.15, 0.2) is 67.4 Å². The van der Waals surface area contributed by atoms with Crippen LogP contribution in [0.5, 0.6) is 0 Å². The van der Waals surface area contributed by atoms with Gasteiger partial charge in [0.05, 0.1) is 35.8 Å². The smallest absolute Gasteiger partial charge is 0.238 e. The summed E-state index contributed by atoms with van der Waals surface area (Å²) in [6.07, 6.45) is 11.2. The Labute approximate surface area is 203 Å². The number of amides is 1. The van der Waals surface area contributed by atoms with E-state index >= 15 is 0 Å². The second kappa shape index (κ2) is 8.00. The molecule has 4 aromatic rings. The van der Waals surface area contributed by atoms with Gasteiger partial charge in [0.1, 0.15) is 0 Å². The molecule has 35 heavy (non-hydrogen) atoms. The van der Waals surface area contributed by atoms with Gasteiger partial charge in [-0.15, -0.1) is 0 Å². The van der Waals surface area contributed by atoms with Crippen LogP contribution in [0.4, 0.5) is 5.69 Å². The highest BCUT2D eigenvalue weighted by atomic mass is 32.2. The van der Waals surface area contributed by atoms with Crippen LogP contribution >= 0.6 is 0 Å². The van der Waals surface area contributed by atoms with E-state index in [0.717, 1.165) is 38.8 Å². The average molecular weight is 488 g/mol. The number of rotatable bonds is 4. The molecule has 0 aliphatic carbocycles. The van der Waals surface area contributed by atoms with Crippen molar-refractivity contribution >= 4 is 32.4 Å². The number of H-pyrrole nitrogens is 1. The second-order valence-corrected chi connectivity index (χ2v) is 11.3. The summed E-state index contributed by atoms with van der Waals surface area (Å²) in [5.41, 5.74) is 3.77. The van der Waals surface area contributed by atoms with Crippen LogP contribution in [-0.4, -0.2) is 52.9 Å². The van der Waals surface area contributed by atoms with Crippen molar-refractivity contribution in [3.8, 4) is 11.1 Å². The van der Waals surface area contributed by atoms with Crippen molar-refractivity contribution in [2.24, 2.45) is 0 Å². The maximum absolute atomic E-state index is 14.1. The molecular formula is C26H25N5O3S. The lowest BCUT2D eigenvalue weighted by Gasteiger charge is -2.37. The molecule has 0 atom stereocenters. The number of benzene rings is 1. The number of nitrogens with one attached hydrogen (secondary N) is 1. The summed E-state index contributed by atoms with van der Waals surface area (Å²) in [6, 6.07) is 12.0. The van der Waals surface area contributed by atoms with Crippen LogP contribution in [0.3, 0.4) is 0 Å². The van der Waals surface area contributed by atoms with Crippen LogP contribution in [0.25, 0.3) is 21.9 Å². The number of aromatic amines is 1. The van der Waals surface area contributed by atoms with Gasteiger partial charge in [-0.1, -0.05) is 24.3 Å². The van der Waals surface area contributed by atoms with Crippen LogP contribution in [0.1, 0.15) is 24.1 Å². The molecule has 9 heteroatoms. The lowest BCUT2D eigenvalue weighted by Crippen LogP contribution is -2.49. The summed E-state index contributed by atoms with van der Waals surface area (Å²) in [6.45, 7) is 0.951. The molecule has 5 heterocycles. The molecule has 3 aromatic heterocycles. The van der Waals surface area contributed by atoms with E-state index in [9.17, 15) is 13.2 Å². The summed E-state index contributed by atoms with van der Waals surface area (Å²) < 4.78 is 25.6. The quantitative estimate of drug-likeness (QED) is 0.475. The van der Waals surface area contributed by atoms with Crippen LogP contribution < -0.4 is 4.90 Å². The fourth-order valence-corrected chi connectivity index (χ4v) is 6.45. The van der Waals surface area contributed by atoms with Gasteiger partial charge in [0.2, 0.25) is 15.9 Å². The third kappa shape index (κ3) is 3.45. The lowest BCUT2D eigenvalue weighted by atomic mass is 9.74. The molecule has 0 unspecified atom stereocenters. The highest BCUT2D eigenvalue weighted by Crippen LogP contribution is 2.48.